The highest BCUT2D eigenvalue weighted by atomic mass is 32.1. The van der Waals surface area contributed by atoms with E-state index in [4.69, 9.17) is 19.9 Å². The smallest absolute Gasteiger partial charge is 0.160 e. The first-order chi connectivity index (χ1) is 24.2. The largest absolute Gasteiger partial charge is 0.228 e. The molecule has 0 spiro atoms. The van der Waals surface area contributed by atoms with Crippen LogP contribution in [0.1, 0.15) is 0 Å². The van der Waals surface area contributed by atoms with Crippen molar-refractivity contribution >= 4 is 31.5 Å². The predicted molar refractivity (Wildman–Crippen MR) is 203 cm³/mol. The maximum Gasteiger partial charge on any atom is 0.160 e. The van der Waals surface area contributed by atoms with Crippen molar-refractivity contribution in [1.29, 1.82) is 0 Å². The van der Waals surface area contributed by atoms with Gasteiger partial charge in [-0.3, -0.25) is 0 Å². The quantitative estimate of drug-likeness (QED) is 0.181. The molecule has 4 nitrogen and oxygen atoms in total. The lowest BCUT2D eigenvalue weighted by molar-refractivity contribution is 1.18. The van der Waals surface area contributed by atoms with Crippen LogP contribution in [-0.4, -0.2) is 19.9 Å². The average Bonchev–Trinajstić information content (AvgIpc) is 3.56. The molecule has 0 fully saturated rings. The molecule has 0 aliphatic carbocycles. The summed E-state index contributed by atoms with van der Waals surface area (Å²) in [5, 5.41) is 2.41. The minimum absolute atomic E-state index is 0.711. The van der Waals surface area contributed by atoms with E-state index >= 15 is 0 Å². The van der Waals surface area contributed by atoms with Crippen molar-refractivity contribution < 1.29 is 0 Å². The van der Waals surface area contributed by atoms with Crippen LogP contribution >= 0.6 is 11.3 Å². The molecule has 3 heterocycles. The lowest BCUT2D eigenvalue weighted by Crippen LogP contribution is -1.95. The van der Waals surface area contributed by atoms with Crippen molar-refractivity contribution in [1.82, 2.24) is 19.9 Å². The van der Waals surface area contributed by atoms with Gasteiger partial charge in [-0.15, -0.1) is 11.3 Å². The molecule has 0 atom stereocenters. The highest BCUT2D eigenvalue weighted by molar-refractivity contribution is 7.25. The third kappa shape index (κ3) is 5.67. The summed E-state index contributed by atoms with van der Waals surface area (Å²) >= 11 is 1.79. The molecular formula is C44H28N4S. The molecule has 0 aliphatic heterocycles. The summed E-state index contributed by atoms with van der Waals surface area (Å²) in [7, 11) is 0. The predicted octanol–water partition coefficient (Wildman–Crippen LogP) is 11.6. The lowest BCUT2D eigenvalue weighted by Gasteiger charge is -2.10. The van der Waals surface area contributed by atoms with Crippen LogP contribution in [0.5, 0.6) is 0 Å². The second-order valence-corrected chi connectivity index (χ2v) is 13.0. The van der Waals surface area contributed by atoms with E-state index in [2.05, 4.69) is 97.1 Å². The van der Waals surface area contributed by atoms with E-state index in [1.807, 2.05) is 72.8 Å². The molecule has 230 valence electrons. The Labute approximate surface area is 288 Å². The van der Waals surface area contributed by atoms with Crippen molar-refractivity contribution in [2.24, 2.45) is 0 Å². The maximum atomic E-state index is 5.07. The van der Waals surface area contributed by atoms with Gasteiger partial charge < -0.3 is 0 Å². The van der Waals surface area contributed by atoms with Gasteiger partial charge in [0.25, 0.3) is 0 Å². The monoisotopic (exact) mass is 644 g/mol. The van der Waals surface area contributed by atoms with E-state index in [9.17, 15) is 0 Å². The lowest BCUT2D eigenvalue weighted by atomic mass is 10.0. The van der Waals surface area contributed by atoms with Crippen molar-refractivity contribution in [3.05, 3.63) is 170 Å². The molecule has 0 unspecified atom stereocenters. The van der Waals surface area contributed by atoms with Gasteiger partial charge in [0.1, 0.15) is 0 Å². The highest BCUT2D eigenvalue weighted by Crippen LogP contribution is 2.39. The fourth-order valence-electron chi connectivity index (χ4n) is 6.23. The van der Waals surface area contributed by atoms with Gasteiger partial charge in [-0.2, -0.15) is 0 Å². The summed E-state index contributed by atoms with van der Waals surface area (Å²) in [4.78, 5) is 20.2. The molecule has 0 radical (unpaired) electrons. The Balaban J connectivity index is 1.15. The highest BCUT2D eigenvalue weighted by Gasteiger charge is 2.15. The molecular weight excluding hydrogens is 617 g/mol. The van der Waals surface area contributed by atoms with Gasteiger partial charge in [0, 0.05) is 53.6 Å². The van der Waals surface area contributed by atoms with Crippen LogP contribution in [0.15, 0.2) is 170 Å². The van der Waals surface area contributed by atoms with Crippen LogP contribution in [0.3, 0.4) is 0 Å². The fraction of sp³-hybridized carbons (Fsp3) is 0. The summed E-state index contributed by atoms with van der Waals surface area (Å²) in [6, 6.07) is 58.5. The van der Waals surface area contributed by atoms with Crippen molar-refractivity contribution in [3.8, 4) is 67.8 Å². The first-order valence-electron chi connectivity index (χ1n) is 16.2. The average molecular weight is 645 g/mol. The van der Waals surface area contributed by atoms with Gasteiger partial charge in [-0.1, -0.05) is 140 Å². The number of nitrogens with zero attached hydrogens (tertiary/aromatic N) is 4. The Morgan fingerprint density at radius 3 is 1.22 bits per heavy atom. The standard InChI is InChI=1S/C44H28N4S/c1-5-13-29(14-6-1)37-27-38(30-15-7-2-8-16-30)47-44(46-37)34-21-23-35-36-25-33(22-24-41(36)49-42(35)26-34)40-28-39(31-17-9-3-10-18-31)45-43(48-40)32-19-11-4-12-20-32/h1-28H. The molecule has 3 aromatic heterocycles. The van der Waals surface area contributed by atoms with E-state index in [1.165, 1.54) is 20.2 Å². The van der Waals surface area contributed by atoms with Crippen molar-refractivity contribution in [2.45, 2.75) is 0 Å². The summed E-state index contributed by atoms with van der Waals surface area (Å²) in [6.07, 6.45) is 0. The number of hydrogen-bond donors (Lipinski definition) is 0. The summed E-state index contributed by atoms with van der Waals surface area (Å²) < 4.78 is 2.41. The number of fused-ring (bicyclic) bond motifs is 3. The molecule has 0 bridgehead atoms. The first kappa shape index (κ1) is 28.9. The van der Waals surface area contributed by atoms with Crippen molar-refractivity contribution in [3.63, 3.8) is 0 Å². The SMILES string of the molecule is c1ccc(-c2cc(-c3ccc4sc5cc(-c6nc(-c7ccccc7)cc(-c7ccccc7)n6)ccc5c4c3)nc(-c3ccccc3)n2)cc1. The number of aromatic nitrogens is 4. The molecule has 0 saturated carbocycles. The van der Waals surface area contributed by atoms with E-state index in [-0.39, 0.29) is 0 Å². The van der Waals surface area contributed by atoms with Crippen molar-refractivity contribution in [2.75, 3.05) is 0 Å². The van der Waals surface area contributed by atoms with E-state index in [0.717, 1.165) is 56.2 Å². The summed E-state index contributed by atoms with van der Waals surface area (Å²) in [5.74, 6) is 1.42. The van der Waals surface area contributed by atoms with Crippen LogP contribution in [0.4, 0.5) is 0 Å². The number of benzene rings is 6. The molecule has 9 rings (SSSR count). The third-order valence-electron chi connectivity index (χ3n) is 8.72. The third-order valence-corrected chi connectivity index (χ3v) is 9.85. The van der Waals surface area contributed by atoms with Gasteiger partial charge in [0.05, 0.1) is 22.8 Å². The molecule has 49 heavy (non-hydrogen) atoms. The molecule has 0 aliphatic rings. The molecule has 6 aromatic carbocycles. The van der Waals surface area contributed by atoms with Gasteiger partial charge in [0.15, 0.2) is 11.6 Å². The Bertz CT molecular complexity index is 2470. The van der Waals surface area contributed by atoms with Crippen LogP contribution in [0, 0.1) is 0 Å². The zero-order valence-electron chi connectivity index (χ0n) is 26.4. The number of rotatable bonds is 6. The fourth-order valence-corrected chi connectivity index (χ4v) is 7.36. The van der Waals surface area contributed by atoms with Crippen LogP contribution in [0.25, 0.3) is 88.0 Å². The number of hydrogen-bond acceptors (Lipinski definition) is 5. The van der Waals surface area contributed by atoms with Crippen LogP contribution in [0.2, 0.25) is 0 Å². The van der Waals surface area contributed by atoms with E-state index < -0.39 is 0 Å². The topological polar surface area (TPSA) is 51.6 Å². The zero-order valence-corrected chi connectivity index (χ0v) is 27.2. The first-order valence-corrected chi connectivity index (χ1v) is 17.0. The second kappa shape index (κ2) is 12.4. The zero-order chi connectivity index (χ0) is 32.6. The second-order valence-electron chi connectivity index (χ2n) is 11.9. The van der Waals surface area contributed by atoms with E-state index in [1.54, 1.807) is 11.3 Å². The molecule has 5 heteroatoms. The Morgan fingerprint density at radius 2 is 0.714 bits per heavy atom. The van der Waals surface area contributed by atoms with Gasteiger partial charge in [-0.25, -0.2) is 19.9 Å². The molecule has 0 amide bonds. The minimum Gasteiger partial charge on any atom is -0.228 e. The maximum absolute atomic E-state index is 5.07. The summed E-state index contributed by atoms with van der Waals surface area (Å²) in [5.41, 5.74) is 9.83. The Hall–Kier alpha value is -6.30. The van der Waals surface area contributed by atoms with E-state index in [0.29, 0.717) is 11.6 Å². The number of thiophene rings is 1. The molecule has 0 saturated heterocycles. The van der Waals surface area contributed by atoms with Gasteiger partial charge >= 0.3 is 0 Å². The molecule has 0 N–H and O–H groups in total. The normalized spacial score (nSPS) is 11.3. The van der Waals surface area contributed by atoms with Gasteiger partial charge in [-0.05, 0) is 30.3 Å². The Morgan fingerprint density at radius 1 is 0.286 bits per heavy atom. The summed E-state index contributed by atoms with van der Waals surface area (Å²) in [6.45, 7) is 0. The Kier molecular flexibility index (Phi) is 7.30. The molecule has 9 aromatic rings. The van der Waals surface area contributed by atoms with Crippen LogP contribution < -0.4 is 0 Å². The van der Waals surface area contributed by atoms with Gasteiger partial charge in [0.2, 0.25) is 0 Å². The van der Waals surface area contributed by atoms with Crippen LogP contribution in [-0.2, 0) is 0 Å². The minimum atomic E-state index is 0.711.